The van der Waals surface area contributed by atoms with Crippen molar-refractivity contribution in [3.8, 4) is 0 Å². The number of benzene rings is 1. The molecule has 0 fully saturated rings. The second-order valence-corrected chi connectivity index (χ2v) is 4.57. The third kappa shape index (κ3) is 3.42. The van der Waals surface area contributed by atoms with Gasteiger partial charge in [-0.1, -0.05) is 24.3 Å². The zero-order chi connectivity index (χ0) is 14.5. The van der Waals surface area contributed by atoms with E-state index in [-0.39, 0.29) is 16.8 Å². The molecule has 6 nitrogen and oxygen atoms in total. The Bertz CT molecular complexity index is 634. The Morgan fingerprint density at radius 1 is 1.40 bits per heavy atom. The standard InChI is InChI=1S/C13H13ClN4O2/c1-9-4-2-3-5-10(9)6-7-15-12-11(18(19)20)8-16-13(14)17-12/h2-5,8H,6-7H2,1H3,(H,15,16,17). The first-order chi connectivity index (χ1) is 9.58. The maximum Gasteiger partial charge on any atom is 0.329 e. The van der Waals surface area contributed by atoms with Crippen LogP contribution in [0.5, 0.6) is 0 Å². The van der Waals surface area contributed by atoms with Gasteiger partial charge in [0.2, 0.25) is 11.1 Å². The molecular weight excluding hydrogens is 280 g/mol. The molecule has 0 unspecified atom stereocenters. The molecule has 0 aliphatic rings. The molecule has 1 aromatic carbocycles. The summed E-state index contributed by atoms with van der Waals surface area (Å²) in [6, 6.07) is 7.99. The van der Waals surface area contributed by atoms with Gasteiger partial charge in [0.25, 0.3) is 0 Å². The minimum absolute atomic E-state index is 0.0195. The van der Waals surface area contributed by atoms with E-state index >= 15 is 0 Å². The van der Waals surface area contributed by atoms with Crippen molar-refractivity contribution in [2.75, 3.05) is 11.9 Å². The Morgan fingerprint density at radius 3 is 2.85 bits per heavy atom. The molecule has 104 valence electrons. The minimum atomic E-state index is -0.535. The van der Waals surface area contributed by atoms with Crippen LogP contribution in [0.2, 0.25) is 5.28 Å². The summed E-state index contributed by atoms with van der Waals surface area (Å²) in [6.07, 6.45) is 1.84. The van der Waals surface area contributed by atoms with Gasteiger partial charge in [-0.25, -0.2) is 4.98 Å². The van der Waals surface area contributed by atoms with Crippen LogP contribution in [0.1, 0.15) is 11.1 Å². The Hall–Kier alpha value is -2.21. The SMILES string of the molecule is Cc1ccccc1CCNc1nc(Cl)ncc1[N+](=O)[O-]. The largest absolute Gasteiger partial charge is 0.364 e. The van der Waals surface area contributed by atoms with Gasteiger partial charge in [-0.05, 0) is 36.1 Å². The van der Waals surface area contributed by atoms with Crippen LogP contribution in [0.25, 0.3) is 0 Å². The van der Waals surface area contributed by atoms with Gasteiger partial charge in [-0.2, -0.15) is 4.98 Å². The first kappa shape index (κ1) is 14.2. The molecule has 0 bridgehead atoms. The van der Waals surface area contributed by atoms with Crippen LogP contribution in [-0.2, 0) is 6.42 Å². The van der Waals surface area contributed by atoms with E-state index in [1.165, 1.54) is 11.1 Å². The third-order valence-electron chi connectivity index (χ3n) is 2.88. The molecule has 1 heterocycles. The first-order valence-electron chi connectivity index (χ1n) is 6.03. The monoisotopic (exact) mass is 292 g/mol. The Morgan fingerprint density at radius 2 is 2.15 bits per heavy atom. The van der Waals surface area contributed by atoms with E-state index in [0.717, 1.165) is 12.6 Å². The van der Waals surface area contributed by atoms with Crippen molar-refractivity contribution in [3.05, 3.63) is 57.0 Å². The second kappa shape index (κ2) is 6.29. The normalized spacial score (nSPS) is 10.3. The number of hydrogen-bond donors (Lipinski definition) is 1. The molecule has 0 saturated carbocycles. The number of nitrogens with one attached hydrogen (secondary N) is 1. The molecule has 2 rings (SSSR count). The lowest BCUT2D eigenvalue weighted by molar-refractivity contribution is -0.384. The second-order valence-electron chi connectivity index (χ2n) is 4.23. The molecule has 0 amide bonds. The molecule has 0 spiro atoms. The van der Waals surface area contributed by atoms with E-state index in [1.807, 2.05) is 31.2 Å². The number of hydrogen-bond acceptors (Lipinski definition) is 5. The van der Waals surface area contributed by atoms with Crippen molar-refractivity contribution in [1.82, 2.24) is 9.97 Å². The quantitative estimate of drug-likeness (QED) is 0.520. The van der Waals surface area contributed by atoms with Crippen LogP contribution in [-0.4, -0.2) is 21.4 Å². The molecule has 1 aromatic heterocycles. The highest BCUT2D eigenvalue weighted by Crippen LogP contribution is 2.21. The van der Waals surface area contributed by atoms with Crippen LogP contribution < -0.4 is 5.32 Å². The summed E-state index contributed by atoms with van der Waals surface area (Å²) in [7, 11) is 0. The molecule has 0 aliphatic heterocycles. The van der Waals surface area contributed by atoms with Crippen LogP contribution in [0.3, 0.4) is 0 Å². The molecule has 2 aromatic rings. The smallest absolute Gasteiger partial charge is 0.329 e. The van der Waals surface area contributed by atoms with Crippen molar-refractivity contribution in [3.63, 3.8) is 0 Å². The maximum absolute atomic E-state index is 10.9. The summed E-state index contributed by atoms with van der Waals surface area (Å²) in [5.41, 5.74) is 2.19. The lowest BCUT2D eigenvalue weighted by atomic mass is 10.1. The highest BCUT2D eigenvalue weighted by molar-refractivity contribution is 6.28. The minimum Gasteiger partial charge on any atom is -0.364 e. The Balaban J connectivity index is 2.06. The number of nitro groups is 1. The summed E-state index contributed by atoms with van der Waals surface area (Å²) in [6.45, 7) is 2.55. The predicted molar refractivity (Wildman–Crippen MR) is 77.1 cm³/mol. The van der Waals surface area contributed by atoms with Crippen molar-refractivity contribution in [2.45, 2.75) is 13.3 Å². The fourth-order valence-electron chi connectivity index (χ4n) is 1.82. The highest BCUT2D eigenvalue weighted by atomic mass is 35.5. The number of rotatable bonds is 5. The molecular formula is C13H13ClN4O2. The van der Waals surface area contributed by atoms with Gasteiger partial charge < -0.3 is 5.32 Å². The molecule has 0 radical (unpaired) electrons. The Labute approximate surface area is 121 Å². The first-order valence-corrected chi connectivity index (χ1v) is 6.41. The van der Waals surface area contributed by atoms with Gasteiger partial charge in [0.05, 0.1) is 4.92 Å². The van der Waals surface area contributed by atoms with Crippen molar-refractivity contribution in [2.24, 2.45) is 0 Å². The summed E-state index contributed by atoms with van der Waals surface area (Å²) < 4.78 is 0. The fraction of sp³-hybridized carbons (Fsp3) is 0.231. The van der Waals surface area contributed by atoms with Crippen molar-refractivity contribution in [1.29, 1.82) is 0 Å². The van der Waals surface area contributed by atoms with E-state index in [2.05, 4.69) is 15.3 Å². The third-order valence-corrected chi connectivity index (χ3v) is 3.07. The van der Waals surface area contributed by atoms with Gasteiger partial charge in [0, 0.05) is 6.54 Å². The lowest BCUT2D eigenvalue weighted by Gasteiger charge is -2.08. The number of nitrogens with zero attached hydrogens (tertiary/aromatic N) is 3. The van der Waals surface area contributed by atoms with E-state index in [9.17, 15) is 10.1 Å². The zero-order valence-electron chi connectivity index (χ0n) is 10.8. The summed E-state index contributed by atoms with van der Waals surface area (Å²) in [5.74, 6) is 0.142. The van der Waals surface area contributed by atoms with Crippen LogP contribution in [0, 0.1) is 17.0 Å². The predicted octanol–water partition coefficient (Wildman–Crippen LogP) is 3.00. The number of aromatic nitrogens is 2. The van der Waals surface area contributed by atoms with Gasteiger partial charge >= 0.3 is 5.69 Å². The van der Waals surface area contributed by atoms with Gasteiger partial charge in [-0.3, -0.25) is 10.1 Å². The maximum atomic E-state index is 10.9. The summed E-state index contributed by atoms with van der Waals surface area (Å²) >= 11 is 5.66. The number of aryl methyl sites for hydroxylation is 1. The fourth-order valence-corrected chi connectivity index (χ4v) is 1.96. The lowest BCUT2D eigenvalue weighted by Crippen LogP contribution is -2.09. The zero-order valence-corrected chi connectivity index (χ0v) is 11.6. The van der Waals surface area contributed by atoms with Crippen LogP contribution >= 0.6 is 11.6 Å². The summed E-state index contributed by atoms with van der Waals surface area (Å²) in [5, 5.41) is 13.8. The summed E-state index contributed by atoms with van der Waals surface area (Å²) in [4.78, 5) is 17.8. The molecule has 0 aliphatic carbocycles. The van der Waals surface area contributed by atoms with E-state index in [4.69, 9.17) is 11.6 Å². The molecule has 0 saturated heterocycles. The van der Waals surface area contributed by atoms with E-state index in [1.54, 1.807) is 0 Å². The molecule has 7 heteroatoms. The van der Waals surface area contributed by atoms with E-state index < -0.39 is 4.92 Å². The topological polar surface area (TPSA) is 81.0 Å². The Kier molecular flexibility index (Phi) is 4.47. The number of halogens is 1. The average molecular weight is 293 g/mol. The van der Waals surface area contributed by atoms with Crippen LogP contribution in [0.4, 0.5) is 11.5 Å². The molecule has 1 N–H and O–H groups in total. The van der Waals surface area contributed by atoms with Gasteiger partial charge in [0.1, 0.15) is 6.20 Å². The average Bonchev–Trinajstić information content (AvgIpc) is 2.41. The van der Waals surface area contributed by atoms with Crippen molar-refractivity contribution >= 4 is 23.1 Å². The molecule has 0 atom stereocenters. The van der Waals surface area contributed by atoms with E-state index in [0.29, 0.717) is 6.54 Å². The van der Waals surface area contributed by atoms with Crippen LogP contribution in [0.15, 0.2) is 30.5 Å². The van der Waals surface area contributed by atoms with Crippen molar-refractivity contribution < 1.29 is 4.92 Å². The highest BCUT2D eigenvalue weighted by Gasteiger charge is 2.16. The molecule has 20 heavy (non-hydrogen) atoms. The number of anilines is 1. The van der Waals surface area contributed by atoms with Gasteiger partial charge in [-0.15, -0.1) is 0 Å². The van der Waals surface area contributed by atoms with Gasteiger partial charge in [0.15, 0.2) is 0 Å².